The van der Waals surface area contributed by atoms with Gasteiger partial charge in [-0.2, -0.15) is 0 Å². The highest BCUT2D eigenvalue weighted by molar-refractivity contribution is 7.18. The molecule has 3 aromatic heterocycles. The Kier molecular flexibility index (Phi) is 4.52. The third-order valence-corrected chi connectivity index (χ3v) is 7.41. The summed E-state index contributed by atoms with van der Waals surface area (Å²) in [6.45, 7) is 6.60. The van der Waals surface area contributed by atoms with E-state index in [4.69, 9.17) is 4.98 Å². The number of quaternary nitrogens is 1. The summed E-state index contributed by atoms with van der Waals surface area (Å²) in [5.41, 5.74) is 1.29. The maximum Gasteiger partial charge on any atom is 0.260 e. The molecule has 132 valence electrons. The Morgan fingerprint density at radius 1 is 1.36 bits per heavy atom. The van der Waals surface area contributed by atoms with Gasteiger partial charge in [-0.1, -0.05) is 13.0 Å². The zero-order chi connectivity index (χ0) is 17.6. The van der Waals surface area contributed by atoms with Crippen molar-refractivity contribution < 1.29 is 5.32 Å². The van der Waals surface area contributed by atoms with E-state index in [1.165, 1.54) is 21.7 Å². The highest BCUT2D eigenvalue weighted by atomic mass is 32.1. The molecule has 3 aromatic rings. The van der Waals surface area contributed by atoms with E-state index >= 15 is 0 Å². The zero-order valence-corrected chi connectivity index (χ0v) is 16.5. The summed E-state index contributed by atoms with van der Waals surface area (Å²) in [6, 6.07) is 4.71. The van der Waals surface area contributed by atoms with Crippen LogP contribution in [-0.4, -0.2) is 9.97 Å². The Morgan fingerprint density at radius 3 is 2.96 bits per heavy atom. The smallest absolute Gasteiger partial charge is 0.260 e. The monoisotopic (exact) mass is 374 g/mol. The standard InChI is InChI=1S/C19H23N3OS2/c1-10-6-7-13-15(9-10)25-19-16(13)18(23)21-17(22-19)12(3)20-11(2)14-5-4-8-24-14/h4-5,8,10-12,20H,6-7,9H2,1-3H3,(H,21,22,23)/p+1/t10-,11+,12-/m1/s1. The lowest BCUT2D eigenvalue weighted by atomic mass is 9.89. The Morgan fingerprint density at radius 2 is 2.20 bits per heavy atom. The third kappa shape index (κ3) is 3.18. The molecule has 4 rings (SSSR count). The minimum atomic E-state index is 0.0380. The highest BCUT2D eigenvalue weighted by Gasteiger charge is 2.25. The highest BCUT2D eigenvalue weighted by Crippen LogP contribution is 2.35. The van der Waals surface area contributed by atoms with Gasteiger partial charge in [0.1, 0.15) is 16.9 Å². The summed E-state index contributed by atoms with van der Waals surface area (Å²) in [4.78, 5) is 24.3. The van der Waals surface area contributed by atoms with Crippen molar-refractivity contribution in [1.82, 2.24) is 9.97 Å². The Balaban J connectivity index is 1.65. The molecule has 0 unspecified atom stereocenters. The van der Waals surface area contributed by atoms with Crippen molar-refractivity contribution in [3.8, 4) is 0 Å². The van der Waals surface area contributed by atoms with Gasteiger partial charge >= 0.3 is 0 Å². The van der Waals surface area contributed by atoms with Gasteiger partial charge in [0.2, 0.25) is 0 Å². The quantitative estimate of drug-likeness (QED) is 0.733. The number of aromatic nitrogens is 2. The van der Waals surface area contributed by atoms with Gasteiger partial charge in [-0.05, 0) is 56.0 Å². The number of hydrogen-bond donors (Lipinski definition) is 2. The Hall–Kier alpha value is -1.50. The number of nitrogens with one attached hydrogen (secondary N) is 1. The molecule has 0 saturated carbocycles. The lowest BCUT2D eigenvalue weighted by molar-refractivity contribution is -0.729. The second-order valence-corrected chi connectivity index (χ2v) is 9.33. The Bertz CT molecular complexity index is 942. The normalized spacial score (nSPS) is 19.7. The van der Waals surface area contributed by atoms with Crippen molar-refractivity contribution in [2.75, 3.05) is 0 Å². The van der Waals surface area contributed by atoms with Gasteiger partial charge in [-0.3, -0.25) is 4.79 Å². The first-order valence-electron chi connectivity index (χ1n) is 8.95. The third-order valence-electron chi connectivity index (χ3n) is 5.18. The molecule has 1 aliphatic rings. The van der Waals surface area contributed by atoms with Crippen molar-refractivity contribution in [2.45, 2.75) is 52.1 Å². The molecule has 6 heteroatoms. The zero-order valence-electron chi connectivity index (χ0n) is 14.8. The molecule has 0 spiro atoms. The predicted molar refractivity (Wildman–Crippen MR) is 105 cm³/mol. The van der Waals surface area contributed by atoms with Gasteiger partial charge in [0.15, 0.2) is 5.82 Å². The number of nitrogens with zero attached hydrogens (tertiary/aromatic N) is 1. The van der Waals surface area contributed by atoms with Crippen LogP contribution in [0.25, 0.3) is 10.2 Å². The molecule has 0 amide bonds. The minimum Gasteiger partial charge on any atom is -0.331 e. The van der Waals surface area contributed by atoms with Gasteiger partial charge in [-0.15, -0.1) is 22.7 Å². The number of fused-ring (bicyclic) bond motifs is 3. The van der Waals surface area contributed by atoms with Crippen LogP contribution < -0.4 is 10.9 Å². The van der Waals surface area contributed by atoms with Crippen LogP contribution in [0.3, 0.4) is 0 Å². The van der Waals surface area contributed by atoms with Crippen LogP contribution in [0.4, 0.5) is 0 Å². The van der Waals surface area contributed by atoms with Crippen molar-refractivity contribution in [3.63, 3.8) is 0 Å². The fourth-order valence-electron chi connectivity index (χ4n) is 3.75. The molecule has 1 aliphatic carbocycles. The van der Waals surface area contributed by atoms with E-state index in [9.17, 15) is 4.79 Å². The van der Waals surface area contributed by atoms with Crippen LogP contribution >= 0.6 is 22.7 Å². The SMILES string of the molecule is C[C@@H]1CCc2c(sc3nc([C@@H](C)[NH2+][C@@H](C)c4cccs4)[nH]c(=O)c23)C1. The van der Waals surface area contributed by atoms with E-state index in [0.29, 0.717) is 12.0 Å². The minimum absolute atomic E-state index is 0.0380. The van der Waals surface area contributed by atoms with E-state index in [2.05, 4.69) is 48.6 Å². The summed E-state index contributed by atoms with van der Waals surface area (Å²) >= 11 is 3.49. The van der Waals surface area contributed by atoms with E-state index in [1.54, 1.807) is 22.7 Å². The van der Waals surface area contributed by atoms with Gasteiger partial charge in [0.25, 0.3) is 5.56 Å². The van der Waals surface area contributed by atoms with Crippen LogP contribution in [0.2, 0.25) is 0 Å². The van der Waals surface area contributed by atoms with Crippen molar-refractivity contribution in [3.05, 3.63) is 49.0 Å². The van der Waals surface area contributed by atoms with E-state index in [-0.39, 0.29) is 11.6 Å². The van der Waals surface area contributed by atoms with Gasteiger partial charge in [0, 0.05) is 4.88 Å². The van der Waals surface area contributed by atoms with Crippen LogP contribution in [0.1, 0.15) is 60.4 Å². The van der Waals surface area contributed by atoms with Crippen LogP contribution in [0.5, 0.6) is 0 Å². The number of aryl methyl sites for hydroxylation is 1. The lowest BCUT2D eigenvalue weighted by Crippen LogP contribution is -2.85. The van der Waals surface area contributed by atoms with Crippen molar-refractivity contribution in [2.24, 2.45) is 5.92 Å². The molecule has 3 atom stereocenters. The first-order valence-corrected chi connectivity index (χ1v) is 10.7. The summed E-state index contributed by atoms with van der Waals surface area (Å²) in [5.74, 6) is 1.49. The molecular formula is C19H24N3OS2+. The fourth-order valence-corrected chi connectivity index (χ4v) is 5.91. The molecule has 0 aliphatic heterocycles. The molecule has 0 fully saturated rings. The number of thiophene rings is 2. The van der Waals surface area contributed by atoms with E-state index in [1.807, 2.05) is 0 Å². The van der Waals surface area contributed by atoms with Crippen LogP contribution in [0.15, 0.2) is 22.3 Å². The molecule has 0 aromatic carbocycles. The second kappa shape index (κ2) is 6.67. The van der Waals surface area contributed by atoms with Crippen molar-refractivity contribution >= 4 is 32.9 Å². The molecule has 0 radical (unpaired) electrons. The molecular weight excluding hydrogens is 350 g/mol. The van der Waals surface area contributed by atoms with E-state index in [0.717, 1.165) is 28.9 Å². The lowest BCUT2D eigenvalue weighted by Gasteiger charge is -2.17. The average molecular weight is 375 g/mol. The fraction of sp³-hybridized carbons (Fsp3) is 0.474. The summed E-state index contributed by atoms with van der Waals surface area (Å²) in [5, 5.41) is 5.22. The Labute approximate surface area is 155 Å². The van der Waals surface area contributed by atoms with Gasteiger partial charge < -0.3 is 10.3 Å². The number of rotatable bonds is 4. The molecule has 0 saturated heterocycles. The predicted octanol–water partition coefficient (Wildman–Crippen LogP) is 3.56. The maximum atomic E-state index is 12.7. The molecule has 3 N–H and O–H groups in total. The summed E-state index contributed by atoms with van der Waals surface area (Å²) < 4.78 is 0. The summed E-state index contributed by atoms with van der Waals surface area (Å²) in [7, 11) is 0. The maximum absolute atomic E-state index is 12.7. The summed E-state index contributed by atoms with van der Waals surface area (Å²) in [6.07, 6.45) is 3.27. The van der Waals surface area contributed by atoms with Gasteiger partial charge in [0.05, 0.1) is 10.3 Å². The first kappa shape index (κ1) is 16.9. The largest absolute Gasteiger partial charge is 0.331 e. The van der Waals surface area contributed by atoms with Crippen LogP contribution in [0, 0.1) is 5.92 Å². The van der Waals surface area contributed by atoms with Crippen LogP contribution in [-0.2, 0) is 12.8 Å². The average Bonchev–Trinajstić information content (AvgIpc) is 3.21. The molecule has 25 heavy (non-hydrogen) atoms. The number of H-pyrrole nitrogens is 1. The number of hydrogen-bond acceptors (Lipinski definition) is 4. The topological polar surface area (TPSA) is 62.4 Å². The number of aromatic amines is 1. The second-order valence-electron chi connectivity index (χ2n) is 7.27. The van der Waals surface area contributed by atoms with Gasteiger partial charge in [-0.25, -0.2) is 4.98 Å². The molecule has 4 nitrogen and oxygen atoms in total. The molecule has 3 heterocycles. The van der Waals surface area contributed by atoms with Crippen molar-refractivity contribution in [1.29, 1.82) is 0 Å². The van der Waals surface area contributed by atoms with E-state index < -0.39 is 0 Å². The molecule has 0 bridgehead atoms. The first-order chi connectivity index (χ1) is 12.0. The number of nitrogens with two attached hydrogens (primary N) is 1.